The summed E-state index contributed by atoms with van der Waals surface area (Å²) in [7, 11) is 0. The van der Waals surface area contributed by atoms with Crippen molar-refractivity contribution in [3.05, 3.63) is 35.5 Å². The molecule has 5 nitrogen and oxygen atoms in total. The van der Waals surface area contributed by atoms with E-state index in [0.717, 1.165) is 25.7 Å². The summed E-state index contributed by atoms with van der Waals surface area (Å²) < 4.78 is 6.02. The van der Waals surface area contributed by atoms with Crippen LogP contribution in [-0.2, 0) is 0 Å². The third-order valence-electron chi connectivity index (χ3n) is 3.58. The van der Waals surface area contributed by atoms with Gasteiger partial charge in [0.2, 0.25) is 0 Å². The minimum atomic E-state index is -0.241. The Labute approximate surface area is 130 Å². The molecule has 0 radical (unpaired) electrons. The van der Waals surface area contributed by atoms with Gasteiger partial charge in [-0.25, -0.2) is 0 Å². The lowest BCUT2D eigenvalue weighted by Crippen LogP contribution is -2.20. The summed E-state index contributed by atoms with van der Waals surface area (Å²) in [6.45, 7) is 0. The molecular formula is C17H16N4O. The average molecular weight is 292 g/mol. The summed E-state index contributed by atoms with van der Waals surface area (Å²) in [5, 5.41) is 29.7. The molecule has 5 heteroatoms. The van der Waals surface area contributed by atoms with Crippen LogP contribution in [0.1, 0.15) is 32.1 Å². The molecule has 2 rings (SSSR count). The second-order valence-corrected chi connectivity index (χ2v) is 5.08. The van der Waals surface area contributed by atoms with E-state index < -0.39 is 0 Å². The fourth-order valence-corrected chi connectivity index (χ4v) is 2.45. The van der Waals surface area contributed by atoms with Crippen LogP contribution in [0.2, 0.25) is 0 Å². The first-order valence-electron chi connectivity index (χ1n) is 7.25. The first-order valence-corrected chi connectivity index (χ1v) is 7.25. The van der Waals surface area contributed by atoms with Gasteiger partial charge in [0.25, 0.3) is 0 Å². The van der Waals surface area contributed by atoms with Crippen LogP contribution in [0.15, 0.2) is 35.5 Å². The maximum atomic E-state index is 9.12. The molecule has 0 heterocycles. The van der Waals surface area contributed by atoms with Gasteiger partial charge in [0.05, 0.1) is 11.8 Å². The van der Waals surface area contributed by atoms with Gasteiger partial charge in [0, 0.05) is 0 Å². The van der Waals surface area contributed by atoms with Crippen molar-refractivity contribution >= 4 is 5.69 Å². The molecule has 0 atom stereocenters. The lowest BCUT2D eigenvalue weighted by atomic mass is 9.98. The fourth-order valence-electron chi connectivity index (χ4n) is 2.45. The van der Waals surface area contributed by atoms with Crippen LogP contribution in [0.4, 0.5) is 5.69 Å². The third-order valence-corrected chi connectivity index (χ3v) is 3.58. The number of nitriles is 3. The zero-order valence-electron chi connectivity index (χ0n) is 12.2. The van der Waals surface area contributed by atoms with E-state index in [-0.39, 0.29) is 17.4 Å². The molecule has 0 spiro atoms. The van der Waals surface area contributed by atoms with Crippen LogP contribution in [0, 0.1) is 34.0 Å². The van der Waals surface area contributed by atoms with E-state index in [1.165, 1.54) is 6.42 Å². The smallest absolute Gasteiger partial charge is 0.163 e. The van der Waals surface area contributed by atoms with E-state index in [4.69, 9.17) is 20.5 Å². The molecule has 0 aliphatic heterocycles. The van der Waals surface area contributed by atoms with Gasteiger partial charge in [0.1, 0.15) is 29.7 Å². The summed E-state index contributed by atoms with van der Waals surface area (Å²) in [4.78, 5) is 0. The van der Waals surface area contributed by atoms with Crippen molar-refractivity contribution in [1.82, 2.24) is 0 Å². The number of benzene rings is 1. The molecule has 0 amide bonds. The molecule has 0 saturated heterocycles. The Morgan fingerprint density at radius 1 is 1.00 bits per heavy atom. The number of nitrogens with zero attached hydrogens (tertiary/aromatic N) is 3. The second kappa shape index (κ2) is 7.72. The molecule has 1 aliphatic rings. The fraction of sp³-hybridized carbons (Fsp3) is 0.353. The molecule has 110 valence electrons. The van der Waals surface area contributed by atoms with Crippen molar-refractivity contribution in [2.45, 2.75) is 38.2 Å². The summed E-state index contributed by atoms with van der Waals surface area (Å²) in [6, 6.07) is 12.5. The zero-order chi connectivity index (χ0) is 15.8. The second-order valence-electron chi connectivity index (χ2n) is 5.08. The van der Waals surface area contributed by atoms with Crippen molar-refractivity contribution < 1.29 is 4.74 Å². The number of anilines is 1. The highest BCUT2D eigenvalue weighted by molar-refractivity contribution is 5.64. The largest absolute Gasteiger partial charge is 0.488 e. The Morgan fingerprint density at radius 2 is 1.68 bits per heavy atom. The van der Waals surface area contributed by atoms with Gasteiger partial charge < -0.3 is 10.1 Å². The van der Waals surface area contributed by atoms with Gasteiger partial charge in [0.15, 0.2) is 5.57 Å². The molecule has 0 unspecified atom stereocenters. The Bertz CT molecular complexity index is 666. The zero-order valence-corrected chi connectivity index (χ0v) is 12.2. The van der Waals surface area contributed by atoms with Gasteiger partial charge in [-0.3, -0.25) is 0 Å². The number of allylic oxidation sites excluding steroid dienone is 2. The van der Waals surface area contributed by atoms with Crippen molar-refractivity contribution in [1.29, 1.82) is 15.8 Å². The van der Waals surface area contributed by atoms with Crippen molar-refractivity contribution in [3.63, 3.8) is 0 Å². The maximum absolute atomic E-state index is 9.12. The molecule has 1 saturated carbocycles. The first kappa shape index (κ1) is 15.4. The number of ether oxygens (including phenoxy) is 1. The Hall–Kier alpha value is -2.97. The Kier molecular flexibility index (Phi) is 5.41. The SMILES string of the molecule is N#CC(C#N)=C(C#N)Nc1ccccc1OC1CCCCC1. The summed E-state index contributed by atoms with van der Waals surface area (Å²) >= 11 is 0. The minimum Gasteiger partial charge on any atom is -0.488 e. The normalized spacial score (nSPS) is 14.0. The number of hydrogen-bond acceptors (Lipinski definition) is 5. The van der Waals surface area contributed by atoms with Crippen LogP contribution < -0.4 is 10.1 Å². The van der Waals surface area contributed by atoms with Crippen molar-refractivity contribution in [2.24, 2.45) is 0 Å². The highest BCUT2D eigenvalue weighted by Gasteiger charge is 2.17. The molecular weight excluding hydrogens is 276 g/mol. The maximum Gasteiger partial charge on any atom is 0.163 e. The van der Waals surface area contributed by atoms with Gasteiger partial charge in [-0.1, -0.05) is 18.6 Å². The van der Waals surface area contributed by atoms with E-state index >= 15 is 0 Å². The number of hydrogen-bond donors (Lipinski definition) is 1. The first-order chi connectivity index (χ1) is 10.8. The average Bonchev–Trinajstić information content (AvgIpc) is 2.57. The summed E-state index contributed by atoms with van der Waals surface area (Å²) in [5.74, 6) is 0.636. The van der Waals surface area contributed by atoms with E-state index in [2.05, 4.69) is 5.32 Å². The molecule has 22 heavy (non-hydrogen) atoms. The molecule has 1 aromatic carbocycles. The molecule has 0 bridgehead atoms. The topological polar surface area (TPSA) is 92.6 Å². The lowest BCUT2D eigenvalue weighted by molar-refractivity contribution is 0.156. The number of nitrogens with one attached hydrogen (secondary N) is 1. The van der Waals surface area contributed by atoms with Crippen molar-refractivity contribution in [3.8, 4) is 24.0 Å². The third kappa shape index (κ3) is 3.78. The highest BCUT2D eigenvalue weighted by atomic mass is 16.5. The summed E-state index contributed by atoms with van der Waals surface area (Å²) in [5.41, 5.74) is 0.285. The van der Waals surface area contributed by atoms with Crippen LogP contribution in [0.25, 0.3) is 0 Å². The predicted octanol–water partition coefficient (Wildman–Crippen LogP) is 3.63. The van der Waals surface area contributed by atoms with Crippen LogP contribution in [0.3, 0.4) is 0 Å². The Balaban J connectivity index is 2.22. The molecule has 1 N–H and O–H groups in total. The monoisotopic (exact) mass is 292 g/mol. The highest BCUT2D eigenvalue weighted by Crippen LogP contribution is 2.30. The quantitative estimate of drug-likeness (QED) is 0.855. The minimum absolute atomic E-state index is 0.0651. The van der Waals surface area contributed by atoms with Crippen molar-refractivity contribution in [2.75, 3.05) is 5.32 Å². The van der Waals surface area contributed by atoms with Crippen LogP contribution in [0.5, 0.6) is 5.75 Å². The van der Waals surface area contributed by atoms with Crippen LogP contribution in [-0.4, -0.2) is 6.10 Å². The van der Waals surface area contributed by atoms with Gasteiger partial charge in [-0.05, 0) is 37.8 Å². The van der Waals surface area contributed by atoms with Gasteiger partial charge >= 0.3 is 0 Å². The number of rotatable bonds is 4. The standard InChI is InChI=1S/C17H16N4O/c18-10-13(11-19)16(12-20)21-15-8-4-5-9-17(15)22-14-6-2-1-3-7-14/h4-5,8-9,14,21H,1-3,6-7H2. The van der Waals surface area contributed by atoms with E-state index in [1.807, 2.05) is 24.3 Å². The van der Waals surface area contributed by atoms with Crippen LogP contribution >= 0.6 is 0 Å². The molecule has 1 aromatic rings. The van der Waals surface area contributed by atoms with E-state index in [1.54, 1.807) is 18.2 Å². The Morgan fingerprint density at radius 3 is 2.32 bits per heavy atom. The lowest BCUT2D eigenvalue weighted by Gasteiger charge is -2.24. The van der Waals surface area contributed by atoms with E-state index in [0.29, 0.717) is 11.4 Å². The summed E-state index contributed by atoms with van der Waals surface area (Å²) in [6.07, 6.45) is 5.80. The predicted molar refractivity (Wildman–Crippen MR) is 81.4 cm³/mol. The molecule has 0 aromatic heterocycles. The molecule has 1 fully saturated rings. The van der Waals surface area contributed by atoms with Gasteiger partial charge in [-0.2, -0.15) is 15.8 Å². The number of para-hydroxylation sites is 2. The van der Waals surface area contributed by atoms with E-state index in [9.17, 15) is 0 Å². The molecule has 1 aliphatic carbocycles. The van der Waals surface area contributed by atoms with Gasteiger partial charge in [-0.15, -0.1) is 0 Å².